The van der Waals surface area contributed by atoms with Crippen LogP contribution in [0.4, 0.5) is 10.5 Å². The topological polar surface area (TPSA) is 111 Å². The molecule has 31 heavy (non-hydrogen) atoms. The van der Waals surface area contributed by atoms with Gasteiger partial charge >= 0.3 is 16.1 Å². The van der Waals surface area contributed by atoms with E-state index in [9.17, 15) is 18.0 Å². The molecule has 0 fully saturated rings. The van der Waals surface area contributed by atoms with E-state index in [0.717, 1.165) is 17.4 Å². The van der Waals surface area contributed by atoms with Gasteiger partial charge in [0, 0.05) is 17.3 Å². The highest BCUT2D eigenvalue weighted by Crippen LogP contribution is 2.32. The van der Waals surface area contributed by atoms with Crippen LogP contribution in [0.2, 0.25) is 0 Å². The maximum atomic E-state index is 12.4. The molecule has 0 atom stereocenters. The van der Waals surface area contributed by atoms with Crippen molar-refractivity contribution in [2.45, 2.75) is 0 Å². The summed E-state index contributed by atoms with van der Waals surface area (Å²) in [5.74, 6) is -0.448. The van der Waals surface area contributed by atoms with Crippen LogP contribution in [-0.4, -0.2) is 33.7 Å². The van der Waals surface area contributed by atoms with E-state index in [1.54, 1.807) is 18.2 Å². The Hall–Kier alpha value is -3.85. The summed E-state index contributed by atoms with van der Waals surface area (Å²) in [6, 6.07) is 19.6. The second-order valence-electron chi connectivity index (χ2n) is 6.47. The molecule has 0 saturated carbocycles. The minimum absolute atomic E-state index is 0.0971. The van der Waals surface area contributed by atoms with Gasteiger partial charge in [-0.05, 0) is 29.8 Å². The van der Waals surface area contributed by atoms with Crippen LogP contribution >= 0.6 is 0 Å². The molecule has 0 aliphatic heterocycles. The first-order chi connectivity index (χ1) is 14.8. The van der Waals surface area contributed by atoms with Gasteiger partial charge in [0.15, 0.2) is 5.75 Å². The van der Waals surface area contributed by atoms with Crippen molar-refractivity contribution >= 4 is 27.7 Å². The second-order valence-corrected chi connectivity index (χ2v) is 8.05. The Morgan fingerprint density at radius 2 is 1.55 bits per heavy atom. The zero-order chi connectivity index (χ0) is 22.4. The number of imide groups is 1. The summed E-state index contributed by atoms with van der Waals surface area (Å²) >= 11 is 0. The Bertz CT molecular complexity index is 1210. The van der Waals surface area contributed by atoms with E-state index in [0.29, 0.717) is 11.4 Å². The van der Waals surface area contributed by atoms with E-state index in [2.05, 4.69) is 10.6 Å². The van der Waals surface area contributed by atoms with E-state index in [1.165, 1.54) is 31.4 Å². The highest BCUT2D eigenvalue weighted by atomic mass is 32.2. The van der Waals surface area contributed by atoms with Crippen molar-refractivity contribution in [3.63, 3.8) is 0 Å². The first-order valence-electron chi connectivity index (χ1n) is 9.11. The van der Waals surface area contributed by atoms with Crippen molar-refractivity contribution < 1.29 is 26.9 Å². The van der Waals surface area contributed by atoms with Gasteiger partial charge in [0.2, 0.25) is 0 Å². The summed E-state index contributed by atoms with van der Waals surface area (Å²) in [4.78, 5) is 24.7. The van der Waals surface area contributed by atoms with Gasteiger partial charge in [-0.15, -0.1) is 0 Å². The monoisotopic (exact) mass is 440 g/mol. The smallest absolute Gasteiger partial charge is 0.326 e. The Balaban J connectivity index is 1.74. The molecule has 160 valence electrons. The van der Waals surface area contributed by atoms with Gasteiger partial charge in [-0.3, -0.25) is 10.1 Å². The van der Waals surface area contributed by atoms with Crippen LogP contribution in [0, 0.1) is 0 Å². The number of methoxy groups -OCH3 is 1. The third-order valence-electron chi connectivity index (χ3n) is 4.14. The van der Waals surface area contributed by atoms with Crippen LogP contribution in [0.15, 0.2) is 72.8 Å². The quantitative estimate of drug-likeness (QED) is 0.566. The zero-order valence-electron chi connectivity index (χ0n) is 16.8. The summed E-state index contributed by atoms with van der Waals surface area (Å²) in [5, 5.41) is 4.70. The SMILES string of the molecule is COc1cc(NC(=O)NC(=O)c2ccccc2OS(C)(=O)=O)ccc1-c1ccccc1. The molecule has 0 spiro atoms. The van der Waals surface area contributed by atoms with E-state index in [1.807, 2.05) is 30.3 Å². The summed E-state index contributed by atoms with van der Waals surface area (Å²) in [7, 11) is -2.32. The predicted octanol–water partition coefficient (Wildman–Crippen LogP) is 3.66. The number of benzene rings is 3. The predicted molar refractivity (Wildman–Crippen MR) is 117 cm³/mol. The third-order valence-corrected chi connectivity index (χ3v) is 4.63. The molecule has 0 aliphatic rings. The molecule has 3 aromatic carbocycles. The molecule has 3 rings (SSSR count). The number of para-hydroxylation sites is 1. The number of carbonyl (C=O) groups is 2. The Kier molecular flexibility index (Phi) is 6.56. The molecule has 2 N–H and O–H groups in total. The number of hydrogen-bond donors (Lipinski definition) is 2. The normalized spacial score (nSPS) is 10.8. The summed E-state index contributed by atoms with van der Waals surface area (Å²) in [6.07, 6.45) is 0.862. The lowest BCUT2D eigenvalue weighted by molar-refractivity contribution is 0.0965. The lowest BCUT2D eigenvalue weighted by Crippen LogP contribution is -2.34. The number of anilines is 1. The number of amides is 3. The molecule has 8 nitrogen and oxygen atoms in total. The average Bonchev–Trinajstić information content (AvgIpc) is 2.73. The molecule has 0 aliphatic carbocycles. The van der Waals surface area contributed by atoms with Gasteiger partial charge in [0.25, 0.3) is 5.91 Å². The van der Waals surface area contributed by atoms with Crippen molar-refractivity contribution in [3.05, 3.63) is 78.4 Å². The number of rotatable bonds is 6. The first kappa shape index (κ1) is 21.8. The van der Waals surface area contributed by atoms with Crippen molar-refractivity contribution in [3.8, 4) is 22.6 Å². The van der Waals surface area contributed by atoms with Gasteiger partial charge in [0.05, 0.1) is 18.9 Å². The Morgan fingerprint density at radius 1 is 0.871 bits per heavy atom. The third kappa shape index (κ3) is 5.83. The van der Waals surface area contributed by atoms with Crippen LogP contribution in [0.3, 0.4) is 0 Å². The summed E-state index contributed by atoms with van der Waals surface area (Å²) in [6.45, 7) is 0. The zero-order valence-corrected chi connectivity index (χ0v) is 17.6. The number of nitrogens with one attached hydrogen (secondary N) is 2. The standard InChI is InChI=1S/C22H20N2O6S/c1-29-20-14-16(12-13-17(20)15-8-4-3-5-9-15)23-22(26)24-21(25)18-10-6-7-11-19(18)30-31(2,27)28/h3-14H,1-2H3,(H2,23,24,25,26). The highest BCUT2D eigenvalue weighted by molar-refractivity contribution is 7.86. The van der Waals surface area contributed by atoms with Gasteiger partial charge in [-0.1, -0.05) is 42.5 Å². The molecule has 0 unspecified atom stereocenters. The fourth-order valence-corrected chi connectivity index (χ4v) is 3.32. The average molecular weight is 440 g/mol. The molecule has 0 aromatic heterocycles. The van der Waals surface area contributed by atoms with Crippen LogP contribution in [0.5, 0.6) is 11.5 Å². The van der Waals surface area contributed by atoms with E-state index in [4.69, 9.17) is 8.92 Å². The number of urea groups is 1. The van der Waals surface area contributed by atoms with Gasteiger partial charge < -0.3 is 14.2 Å². The molecule has 9 heteroatoms. The number of ether oxygens (including phenoxy) is 1. The van der Waals surface area contributed by atoms with Crippen LogP contribution in [-0.2, 0) is 10.1 Å². The van der Waals surface area contributed by atoms with Gasteiger partial charge in [-0.25, -0.2) is 4.79 Å². The minimum Gasteiger partial charge on any atom is -0.496 e. The summed E-state index contributed by atoms with van der Waals surface area (Å²) < 4.78 is 33.0. The minimum atomic E-state index is -3.84. The molecule has 0 saturated heterocycles. The molecular weight excluding hydrogens is 420 g/mol. The van der Waals surface area contributed by atoms with Crippen molar-refractivity contribution in [1.29, 1.82) is 0 Å². The van der Waals surface area contributed by atoms with Crippen molar-refractivity contribution in [2.24, 2.45) is 0 Å². The van der Waals surface area contributed by atoms with Crippen molar-refractivity contribution in [2.75, 3.05) is 18.7 Å². The number of carbonyl (C=O) groups excluding carboxylic acids is 2. The second kappa shape index (κ2) is 9.31. The lowest BCUT2D eigenvalue weighted by atomic mass is 10.0. The maximum Gasteiger partial charge on any atom is 0.326 e. The Labute approximate surface area is 179 Å². The summed E-state index contributed by atoms with van der Waals surface area (Å²) in [5.41, 5.74) is 2.10. The fourth-order valence-electron chi connectivity index (χ4n) is 2.85. The fraction of sp³-hybridized carbons (Fsp3) is 0.0909. The highest BCUT2D eigenvalue weighted by Gasteiger charge is 2.18. The van der Waals surface area contributed by atoms with Crippen LogP contribution < -0.4 is 19.6 Å². The van der Waals surface area contributed by atoms with E-state index < -0.39 is 22.1 Å². The molecular formula is C22H20N2O6S. The van der Waals surface area contributed by atoms with E-state index >= 15 is 0 Å². The first-order valence-corrected chi connectivity index (χ1v) is 10.9. The maximum absolute atomic E-state index is 12.4. The molecule has 0 heterocycles. The molecule has 0 radical (unpaired) electrons. The van der Waals surface area contributed by atoms with Crippen LogP contribution in [0.25, 0.3) is 11.1 Å². The van der Waals surface area contributed by atoms with Gasteiger partial charge in [-0.2, -0.15) is 8.42 Å². The largest absolute Gasteiger partial charge is 0.496 e. The lowest BCUT2D eigenvalue weighted by Gasteiger charge is -2.13. The van der Waals surface area contributed by atoms with E-state index in [-0.39, 0.29) is 11.3 Å². The molecule has 3 aromatic rings. The molecule has 0 bridgehead atoms. The Morgan fingerprint density at radius 3 is 2.23 bits per heavy atom. The van der Waals surface area contributed by atoms with Gasteiger partial charge in [0.1, 0.15) is 5.75 Å². The number of hydrogen-bond acceptors (Lipinski definition) is 6. The van der Waals surface area contributed by atoms with Crippen molar-refractivity contribution in [1.82, 2.24) is 5.32 Å². The van der Waals surface area contributed by atoms with Crippen LogP contribution in [0.1, 0.15) is 10.4 Å². The molecule has 3 amide bonds.